The maximum absolute atomic E-state index is 12.4. The van der Waals surface area contributed by atoms with Gasteiger partial charge in [0.2, 0.25) is 12.3 Å². The molecule has 1 fully saturated rings. The third kappa shape index (κ3) is 6.96. The van der Waals surface area contributed by atoms with Crippen LogP contribution >= 0.6 is 11.6 Å². The Labute approximate surface area is 211 Å². The lowest BCUT2D eigenvalue weighted by atomic mass is 9.82. The zero-order chi connectivity index (χ0) is 25.3. The largest absolute Gasteiger partial charge is 0.449 e. The Balaban J connectivity index is 1.68. The zero-order valence-electron chi connectivity index (χ0n) is 20.0. The van der Waals surface area contributed by atoms with Crippen molar-refractivity contribution in [3.63, 3.8) is 0 Å². The van der Waals surface area contributed by atoms with E-state index in [2.05, 4.69) is 12.2 Å². The first-order valence-electron chi connectivity index (χ1n) is 11.9. The Morgan fingerprint density at radius 3 is 2.46 bits per heavy atom. The van der Waals surface area contributed by atoms with Crippen molar-refractivity contribution in [2.75, 3.05) is 31.6 Å². The molecule has 0 aliphatic carbocycles. The molecule has 8 nitrogen and oxygen atoms in total. The molecule has 0 atom stereocenters. The lowest BCUT2D eigenvalue weighted by Gasteiger charge is -2.47. The second kappa shape index (κ2) is 12.6. The lowest BCUT2D eigenvalue weighted by Crippen LogP contribution is -2.56. The molecule has 1 heterocycles. The van der Waals surface area contributed by atoms with Gasteiger partial charge in [-0.1, -0.05) is 48.9 Å². The topological polar surface area (TPSA) is 105 Å². The summed E-state index contributed by atoms with van der Waals surface area (Å²) in [4.78, 5) is 40.1. The van der Waals surface area contributed by atoms with Gasteiger partial charge in [0.1, 0.15) is 0 Å². The summed E-state index contributed by atoms with van der Waals surface area (Å²) in [6, 6.07) is 15.0. The molecule has 3 amide bonds. The highest BCUT2D eigenvalue weighted by Crippen LogP contribution is 2.34. The van der Waals surface area contributed by atoms with Gasteiger partial charge < -0.3 is 20.3 Å². The highest BCUT2D eigenvalue weighted by atomic mass is 35.5. The number of carbonyl (C=O) groups is 3. The van der Waals surface area contributed by atoms with Gasteiger partial charge in [0.15, 0.2) is 0 Å². The van der Waals surface area contributed by atoms with Gasteiger partial charge in [-0.25, -0.2) is 4.79 Å². The van der Waals surface area contributed by atoms with E-state index in [1.54, 1.807) is 15.9 Å². The van der Waals surface area contributed by atoms with E-state index >= 15 is 0 Å². The molecule has 0 saturated carbocycles. The number of nitrogens with zero attached hydrogens (tertiary/aromatic N) is 2. The molecule has 3 N–H and O–H groups in total. The normalized spacial score (nSPS) is 14.8. The van der Waals surface area contributed by atoms with E-state index in [-0.39, 0.29) is 19.1 Å². The van der Waals surface area contributed by atoms with E-state index in [1.165, 1.54) is 5.56 Å². The molecule has 0 bridgehead atoms. The number of anilines is 1. The summed E-state index contributed by atoms with van der Waals surface area (Å²) in [6.45, 7) is 3.40. The molecular formula is C26H33ClN4O4. The van der Waals surface area contributed by atoms with Crippen LogP contribution in [-0.4, -0.2) is 60.0 Å². The molecule has 2 aromatic rings. The highest BCUT2D eigenvalue weighted by molar-refractivity contribution is 6.31. The fourth-order valence-electron chi connectivity index (χ4n) is 4.42. The van der Waals surface area contributed by atoms with E-state index in [0.717, 1.165) is 18.4 Å². The summed E-state index contributed by atoms with van der Waals surface area (Å²) in [7, 11) is 0. The number of carbonyl (C=O) groups excluding carboxylic acids is 3. The quantitative estimate of drug-likeness (QED) is 0.482. The third-order valence-corrected chi connectivity index (χ3v) is 7.03. The average Bonchev–Trinajstić information content (AvgIpc) is 2.88. The zero-order valence-corrected chi connectivity index (χ0v) is 20.8. The van der Waals surface area contributed by atoms with Crippen LogP contribution < -0.4 is 11.1 Å². The summed E-state index contributed by atoms with van der Waals surface area (Å²) >= 11 is 6.35. The summed E-state index contributed by atoms with van der Waals surface area (Å²) < 4.78 is 5.48. The van der Waals surface area contributed by atoms with E-state index < -0.39 is 11.6 Å². The first-order chi connectivity index (χ1) is 16.9. The molecule has 3 rings (SSSR count). The van der Waals surface area contributed by atoms with Crippen molar-refractivity contribution in [1.29, 1.82) is 0 Å². The van der Waals surface area contributed by atoms with Crippen LogP contribution in [-0.2, 0) is 27.3 Å². The number of hydrogen-bond acceptors (Lipinski definition) is 5. The molecule has 1 saturated heterocycles. The van der Waals surface area contributed by atoms with Gasteiger partial charge in [0.25, 0.3) is 0 Å². The minimum absolute atomic E-state index is 0.0491. The Bertz CT molecular complexity index is 1010. The number of nitrogens with two attached hydrogens (primary N) is 1. The van der Waals surface area contributed by atoms with E-state index in [1.807, 2.05) is 42.5 Å². The fraction of sp³-hybridized carbons (Fsp3) is 0.423. The molecule has 9 heteroatoms. The number of amides is 3. The van der Waals surface area contributed by atoms with Crippen LogP contribution in [0.3, 0.4) is 0 Å². The number of nitrogens with one attached hydrogen (secondary N) is 1. The number of piperidine rings is 1. The number of benzene rings is 2. The van der Waals surface area contributed by atoms with Gasteiger partial charge in [-0.3, -0.25) is 14.9 Å². The van der Waals surface area contributed by atoms with Crippen LogP contribution in [0.15, 0.2) is 48.5 Å². The van der Waals surface area contributed by atoms with Crippen molar-refractivity contribution in [3.05, 3.63) is 64.7 Å². The molecule has 0 aromatic heterocycles. The van der Waals surface area contributed by atoms with Gasteiger partial charge in [-0.2, -0.15) is 0 Å². The summed E-state index contributed by atoms with van der Waals surface area (Å²) in [5, 5.41) is 3.31. The monoisotopic (exact) mass is 500 g/mol. The number of halogens is 1. The summed E-state index contributed by atoms with van der Waals surface area (Å²) in [6.07, 6.45) is 2.71. The van der Waals surface area contributed by atoms with Crippen LogP contribution in [0, 0.1) is 0 Å². The summed E-state index contributed by atoms with van der Waals surface area (Å²) in [5.41, 5.74) is 7.61. The van der Waals surface area contributed by atoms with Gasteiger partial charge in [0, 0.05) is 42.3 Å². The number of rotatable bonds is 10. The first kappa shape index (κ1) is 26.5. The number of hydrogen-bond donors (Lipinski definition) is 2. The van der Waals surface area contributed by atoms with E-state index in [0.29, 0.717) is 49.6 Å². The fourth-order valence-corrected chi connectivity index (χ4v) is 4.62. The van der Waals surface area contributed by atoms with Crippen LogP contribution in [0.5, 0.6) is 0 Å². The smallest absolute Gasteiger partial charge is 0.411 e. The van der Waals surface area contributed by atoms with Crippen LogP contribution in [0.2, 0.25) is 5.02 Å². The van der Waals surface area contributed by atoms with E-state index in [9.17, 15) is 14.4 Å². The molecule has 1 aliphatic rings. The Hall–Kier alpha value is -3.10. The molecule has 2 aromatic carbocycles. The molecule has 1 aliphatic heterocycles. The van der Waals surface area contributed by atoms with Crippen molar-refractivity contribution in [2.24, 2.45) is 5.73 Å². The van der Waals surface area contributed by atoms with Crippen molar-refractivity contribution in [3.8, 4) is 0 Å². The number of likely N-dealkylation sites (tertiary alicyclic amines) is 1. The second-order valence-corrected chi connectivity index (χ2v) is 9.10. The van der Waals surface area contributed by atoms with Gasteiger partial charge in [0.05, 0.1) is 13.2 Å². The van der Waals surface area contributed by atoms with Crippen molar-refractivity contribution >= 4 is 35.7 Å². The molecule has 0 unspecified atom stereocenters. The Morgan fingerprint density at radius 2 is 1.86 bits per heavy atom. The minimum Gasteiger partial charge on any atom is -0.449 e. The highest BCUT2D eigenvalue weighted by Gasteiger charge is 2.40. The average molecular weight is 501 g/mol. The molecule has 0 spiro atoms. The lowest BCUT2D eigenvalue weighted by molar-refractivity contribution is -0.135. The van der Waals surface area contributed by atoms with Crippen molar-refractivity contribution in [1.82, 2.24) is 9.80 Å². The third-order valence-electron chi connectivity index (χ3n) is 6.67. The maximum Gasteiger partial charge on any atom is 0.411 e. The van der Waals surface area contributed by atoms with Crippen LogP contribution in [0.25, 0.3) is 0 Å². The molecule has 35 heavy (non-hydrogen) atoms. The van der Waals surface area contributed by atoms with Gasteiger partial charge in [-0.05, 0) is 48.6 Å². The Kier molecular flexibility index (Phi) is 9.51. The van der Waals surface area contributed by atoms with Gasteiger partial charge >= 0.3 is 6.09 Å². The molecule has 0 radical (unpaired) electrons. The predicted octanol–water partition coefficient (Wildman–Crippen LogP) is 3.82. The second-order valence-electron chi connectivity index (χ2n) is 8.70. The minimum atomic E-state index is -0.588. The van der Waals surface area contributed by atoms with Crippen LogP contribution in [0.4, 0.5) is 10.5 Å². The Morgan fingerprint density at radius 1 is 1.17 bits per heavy atom. The maximum atomic E-state index is 12.4. The van der Waals surface area contributed by atoms with Crippen molar-refractivity contribution < 1.29 is 19.1 Å². The van der Waals surface area contributed by atoms with E-state index in [4.69, 9.17) is 22.1 Å². The number of aryl methyl sites for hydroxylation is 1. The predicted molar refractivity (Wildman–Crippen MR) is 136 cm³/mol. The SMILES string of the molecule is CCc1ccc(NC(=O)OCCC2(N(C=O)Cc3ccccc3Cl)CCN(C(=O)CN)CC2)cc1. The first-order valence-corrected chi connectivity index (χ1v) is 12.2. The molecule has 188 valence electrons. The standard InChI is InChI=1S/C26H33ClN4O4/c1-2-20-7-9-22(10-8-20)29-25(34)35-16-13-26(11-14-30(15-12-26)24(33)17-28)31(19-32)18-21-5-3-4-6-23(21)27/h3-10,19H,2,11-18,28H2,1H3,(H,29,34). The summed E-state index contributed by atoms with van der Waals surface area (Å²) in [5.74, 6) is -0.118. The van der Waals surface area contributed by atoms with Gasteiger partial charge in [-0.15, -0.1) is 0 Å². The number of ether oxygens (including phenoxy) is 1. The van der Waals surface area contributed by atoms with Crippen LogP contribution in [0.1, 0.15) is 37.3 Å². The molecular weight excluding hydrogens is 468 g/mol. The van der Waals surface area contributed by atoms with Crippen molar-refractivity contribution in [2.45, 2.75) is 44.7 Å².